The first-order chi connectivity index (χ1) is 14.3. The standard InChI is InChI=1S/C22H11NO7/c23-13-7-12-16(18-17(13)19(26)20(18)27)21(28)30-22(12)10-3-1-8(24)5-14(10)29-15-6-9(25)2-4-11(15)22/h1-7,24-25H,23H2. The summed E-state index contributed by atoms with van der Waals surface area (Å²) in [5, 5.41) is 19.8. The third-order valence-electron chi connectivity index (χ3n) is 5.76. The maximum absolute atomic E-state index is 13.0. The monoisotopic (exact) mass is 401 g/mol. The molecule has 146 valence electrons. The highest BCUT2D eigenvalue weighted by molar-refractivity contribution is 6.14. The van der Waals surface area contributed by atoms with Crippen LogP contribution < -0.4 is 21.3 Å². The summed E-state index contributed by atoms with van der Waals surface area (Å²) >= 11 is 0. The van der Waals surface area contributed by atoms with Gasteiger partial charge < -0.3 is 25.4 Å². The zero-order chi connectivity index (χ0) is 20.9. The molecule has 2 heterocycles. The van der Waals surface area contributed by atoms with E-state index in [1.807, 2.05) is 0 Å². The molecule has 4 aromatic carbocycles. The largest absolute Gasteiger partial charge is 0.508 e. The zero-order valence-electron chi connectivity index (χ0n) is 15.1. The van der Waals surface area contributed by atoms with Gasteiger partial charge in [-0.15, -0.1) is 0 Å². The van der Waals surface area contributed by atoms with Crippen LogP contribution in [0.15, 0.2) is 52.1 Å². The van der Waals surface area contributed by atoms with Crippen LogP contribution in [0.2, 0.25) is 0 Å². The average Bonchev–Trinajstić information content (AvgIpc) is 2.98. The van der Waals surface area contributed by atoms with Crippen LogP contribution in [0.4, 0.5) is 5.69 Å². The molecule has 0 bridgehead atoms. The Bertz CT molecular complexity index is 1490. The molecule has 1 spiro atoms. The molecule has 0 aromatic heterocycles. The summed E-state index contributed by atoms with van der Waals surface area (Å²) in [4.78, 5) is 37.2. The molecule has 0 unspecified atom stereocenters. The highest BCUT2D eigenvalue weighted by atomic mass is 16.6. The molecular weight excluding hydrogens is 390 g/mol. The first-order valence-electron chi connectivity index (χ1n) is 8.97. The van der Waals surface area contributed by atoms with E-state index in [2.05, 4.69) is 0 Å². The number of benzene rings is 3. The zero-order valence-corrected chi connectivity index (χ0v) is 15.1. The van der Waals surface area contributed by atoms with Crippen LogP contribution >= 0.6 is 0 Å². The predicted octanol–water partition coefficient (Wildman–Crippen LogP) is 2.00. The number of fused-ring (bicyclic) bond motifs is 8. The lowest BCUT2D eigenvalue weighted by atomic mass is 9.76. The lowest BCUT2D eigenvalue weighted by Crippen LogP contribution is -2.34. The second-order valence-corrected chi connectivity index (χ2v) is 7.33. The molecule has 6 rings (SSSR count). The molecule has 4 N–H and O–H groups in total. The van der Waals surface area contributed by atoms with E-state index in [4.69, 9.17) is 15.2 Å². The summed E-state index contributed by atoms with van der Waals surface area (Å²) in [5.74, 6) is -0.513. The number of anilines is 1. The van der Waals surface area contributed by atoms with Crippen molar-refractivity contribution in [2.75, 3.05) is 5.73 Å². The Kier molecular flexibility index (Phi) is 2.76. The second kappa shape index (κ2) is 4.98. The number of nitrogen functional groups attached to an aromatic ring is 1. The number of ether oxygens (including phenoxy) is 2. The smallest absolute Gasteiger partial charge is 0.340 e. The van der Waals surface area contributed by atoms with E-state index >= 15 is 0 Å². The predicted molar refractivity (Wildman–Crippen MR) is 105 cm³/mol. The van der Waals surface area contributed by atoms with Gasteiger partial charge in [0.05, 0.1) is 16.3 Å². The molecule has 4 aromatic rings. The van der Waals surface area contributed by atoms with Gasteiger partial charge in [-0.25, -0.2) is 4.79 Å². The van der Waals surface area contributed by atoms with Crippen molar-refractivity contribution in [2.45, 2.75) is 5.60 Å². The van der Waals surface area contributed by atoms with Crippen LogP contribution in [0.1, 0.15) is 27.0 Å². The van der Waals surface area contributed by atoms with E-state index in [9.17, 15) is 24.6 Å². The minimum atomic E-state index is -1.53. The van der Waals surface area contributed by atoms with Gasteiger partial charge in [-0.1, -0.05) is 0 Å². The SMILES string of the molecule is Nc1cc2c(c3c(=O)c(=O)c13)C(=O)OC21c2ccc(O)cc2Oc2cc(O)ccc21. The van der Waals surface area contributed by atoms with E-state index in [1.54, 1.807) is 12.1 Å². The van der Waals surface area contributed by atoms with Crippen LogP contribution in [0.25, 0.3) is 10.8 Å². The topological polar surface area (TPSA) is 136 Å². The fourth-order valence-corrected chi connectivity index (χ4v) is 4.51. The lowest BCUT2D eigenvalue weighted by molar-refractivity contribution is 0.0225. The minimum absolute atomic E-state index is 0.0104. The van der Waals surface area contributed by atoms with E-state index in [1.165, 1.54) is 30.3 Å². The molecule has 0 aliphatic carbocycles. The van der Waals surface area contributed by atoms with Gasteiger partial charge in [0, 0.05) is 34.5 Å². The molecule has 8 heteroatoms. The van der Waals surface area contributed by atoms with Crippen LogP contribution in [0.3, 0.4) is 0 Å². The molecule has 2 aliphatic rings. The Labute approximate surface area is 167 Å². The maximum Gasteiger partial charge on any atom is 0.340 e. The molecular formula is C22H11NO7. The molecule has 0 radical (unpaired) electrons. The van der Waals surface area contributed by atoms with Crippen LogP contribution in [-0.2, 0) is 10.3 Å². The van der Waals surface area contributed by atoms with E-state index < -0.39 is 22.4 Å². The van der Waals surface area contributed by atoms with Crippen LogP contribution in [-0.4, -0.2) is 16.2 Å². The summed E-state index contributed by atoms with van der Waals surface area (Å²) in [6, 6.07) is 10.1. The molecule has 0 amide bonds. The molecule has 0 fully saturated rings. The fourth-order valence-electron chi connectivity index (χ4n) is 4.51. The van der Waals surface area contributed by atoms with Crippen LogP contribution in [0, 0.1) is 0 Å². The molecule has 8 nitrogen and oxygen atoms in total. The molecule has 0 saturated heterocycles. The normalized spacial score (nSPS) is 15.5. The molecule has 0 atom stereocenters. The number of phenols is 2. The summed E-state index contributed by atoms with van der Waals surface area (Å²) in [5.41, 5.74) is 4.19. The fraction of sp³-hybridized carbons (Fsp3) is 0.0455. The Morgan fingerprint density at radius 1 is 0.767 bits per heavy atom. The number of carbonyl (C=O) groups excluding carboxylic acids is 1. The summed E-state index contributed by atoms with van der Waals surface area (Å²) in [7, 11) is 0. The number of rotatable bonds is 0. The number of phenolic OH excluding ortho intramolecular Hbond substituents is 2. The number of carbonyl (C=O) groups is 1. The first kappa shape index (κ1) is 16.6. The van der Waals surface area contributed by atoms with Gasteiger partial charge in [-0.05, 0) is 30.3 Å². The number of hydrogen-bond acceptors (Lipinski definition) is 8. The second-order valence-electron chi connectivity index (χ2n) is 7.33. The van der Waals surface area contributed by atoms with Crippen molar-refractivity contribution in [2.24, 2.45) is 0 Å². The van der Waals surface area contributed by atoms with E-state index in [-0.39, 0.29) is 45.0 Å². The number of esters is 1. The van der Waals surface area contributed by atoms with Crippen molar-refractivity contribution in [1.29, 1.82) is 0 Å². The number of hydrogen-bond donors (Lipinski definition) is 3. The number of nitrogens with two attached hydrogens (primary N) is 1. The lowest BCUT2D eigenvalue weighted by Gasteiger charge is -2.36. The summed E-state index contributed by atoms with van der Waals surface area (Å²) < 4.78 is 11.7. The summed E-state index contributed by atoms with van der Waals surface area (Å²) in [6.45, 7) is 0. The minimum Gasteiger partial charge on any atom is -0.508 e. The van der Waals surface area contributed by atoms with Crippen molar-refractivity contribution in [3.63, 3.8) is 0 Å². The number of aromatic hydroxyl groups is 2. The van der Waals surface area contributed by atoms with Gasteiger partial charge in [-0.2, -0.15) is 0 Å². The molecule has 0 saturated carbocycles. The van der Waals surface area contributed by atoms with Crippen molar-refractivity contribution in [3.05, 3.63) is 85.2 Å². The first-order valence-corrected chi connectivity index (χ1v) is 8.97. The highest BCUT2D eigenvalue weighted by Gasteiger charge is 2.55. The maximum atomic E-state index is 13.0. The van der Waals surface area contributed by atoms with Crippen molar-refractivity contribution in [3.8, 4) is 23.0 Å². The van der Waals surface area contributed by atoms with Crippen molar-refractivity contribution >= 4 is 22.4 Å². The van der Waals surface area contributed by atoms with Gasteiger partial charge in [-0.3, -0.25) is 9.59 Å². The molecule has 30 heavy (non-hydrogen) atoms. The summed E-state index contributed by atoms with van der Waals surface area (Å²) in [6.07, 6.45) is 0. The Morgan fingerprint density at radius 3 is 1.93 bits per heavy atom. The third kappa shape index (κ3) is 1.70. The Morgan fingerprint density at radius 2 is 1.33 bits per heavy atom. The van der Waals surface area contributed by atoms with Gasteiger partial charge in [0.2, 0.25) is 10.9 Å². The highest BCUT2D eigenvalue weighted by Crippen LogP contribution is 2.58. The van der Waals surface area contributed by atoms with Gasteiger partial charge in [0.1, 0.15) is 23.0 Å². The van der Waals surface area contributed by atoms with Crippen molar-refractivity contribution < 1.29 is 24.5 Å². The van der Waals surface area contributed by atoms with Gasteiger partial charge >= 0.3 is 5.97 Å². The van der Waals surface area contributed by atoms with Gasteiger partial charge in [0.15, 0.2) is 5.60 Å². The van der Waals surface area contributed by atoms with Crippen molar-refractivity contribution in [1.82, 2.24) is 0 Å². The third-order valence-corrected chi connectivity index (χ3v) is 5.76. The van der Waals surface area contributed by atoms with E-state index in [0.717, 1.165) is 0 Å². The average molecular weight is 401 g/mol. The van der Waals surface area contributed by atoms with Crippen LogP contribution in [0.5, 0.6) is 23.0 Å². The van der Waals surface area contributed by atoms with E-state index in [0.29, 0.717) is 16.7 Å². The van der Waals surface area contributed by atoms with Gasteiger partial charge in [0.25, 0.3) is 0 Å². The quantitative estimate of drug-likeness (QED) is 0.231. The Balaban J connectivity index is 1.80. The molecule has 2 aliphatic heterocycles. The Hall–Kier alpha value is -4.33.